The van der Waals surface area contributed by atoms with Gasteiger partial charge in [0.15, 0.2) is 0 Å². The monoisotopic (exact) mass is 577 g/mol. The lowest BCUT2D eigenvalue weighted by Gasteiger charge is -2.18. The molecule has 0 aliphatic carbocycles. The van der Waals surface area contributed by atoms with Crippen LogP contribution in [0, 0.1) is 3.57 Å². The summed E-state index contributed by atoms with van der Waals surface area (Å²) in [7, 11) is 0. The Kier molecular flexibility index (Phi) is 12.8. The standard InChI is InChI=1S/C21H28IN3O8/c22-14-7-4-13(5-8-14)6-10-17(26)23-12-2-1-3-15(19(29)30)24-21(33)25-16(20(31)32)9-11-18(27)28/h4-5,7-8,15-16H,1-3,6,9-12H2,(H,23,26)(H,27,28)(H,29,30)(H,31,32)(H2,24,25,33). The Bertz CT molecular complexity index is 831. The highest BCUT2D eigenvalue weighted by Gasteiger charge is 2.24. The number of unbranched alkanes of at least 4 members (excludes halogenated alkanes) is 1. The van der Waals surface area contributed by atoms with Crippen LogP contribution in [-0.4, -0.2) is 63.8 Å². The molecule has 1 aromatic rings. The lowest BCUT2D eigenvalue weighted by molar-refractivity contribution is -0.140. The second-order valence-corrected chi connectivity index (χ2v) is 8.55. The quantitative estimate of drug-likeness (QED) is 0.134. The Hall–Kier alpha value is -2.90. The summed E-state index contributed by atoms with van der Waals surface area (Å²) in [5.41, 5.74) is 1.06. The predicted molar refractivity (Wildman–Crippen MR) is 126 cm³/mol. The first-order valence-corrected chi connectivity index (χ1v) is 11.4. The Morgan fingerprint density at radius 3 is 1.94 bits per heavy atom. The number of urea groups is 1. The fourth-order valence-corrected chi connectivity index (χ4v) is 3.20. The number of rotatable bonds is 15. The summed E-state index contributed by atoms with van der Waals surface area (Å²) in [4.78, 5) is 57.0. The second kappa shape index (κ2) is 15.0. The molecule has 0 aliphatic heterocycles. The van der Waals surface area contributed by atoms with E-state index >= 15 is 0 Å². The Morgan fingerprint density at radius 2 is 1.39 bits per heavy atom. The maximum absolute atomic E-state index is 11.9. The van der Waals surface area contributed by atoms with Crippen LogP contribution < -0.4 is 16.0 Å². The number of carbonyl (C=O) groups is 5. The lowest BCUT2D eigenvalue weighted by atomic mass is 10.1. The van der Waals surface area contributed by atoms with E-state index in [1.54, 1.807) is 0 Å². The van der Waals surface area contributed by atoms with Crippen LogP contribution in [0.1, 0.15) is 44.1 Å². The zero-order valence-corrected chi connectivity index (χ0v) is 20.0. The molecular weight excluding hydrogens is 549 g/mol. The Labute approximate surface area is 204 Å². The highest BCUT2D eigenvalue weighted by Crippen LogP contribution is 2.08. The molecule has 0 saturated heterocycles. The molecule has 0 radical (unpaired) electrons. The van der Waals surface area contributed by atoms with E-state index in [4.69, 9.17) is 10.2 Å². The average molecular weight is 577 g/mol. The SMILES string of the molecule is O=C(O)CCC(NC(=O)NC(CCCCNC(=O)CCc1ccc(I)cc1)C(=O)O)C(=O)O. The highest BCUT2D eigenvalue weighted by molar-refractivity contribution is 14.1. The van der Waals surface area contributed by atoms with Crippen molar-refractivity contribution >= 4 is 52.4 Å². The van der Waals surface area contributed by atoms with Crippen LogP contribution in [0.2, 0.25) is 0 Å². The number of carbonyl (C=O) groups excluding carboxylic acids is 2. The summed E-state index contributed by atoms with van der Waals surface area (Å²) >= 11 is 2.21. The molecule has 0 bridgehead atoms. The number of hydrogen-bond donors (Lipinski definition) is 6. The number of halogens is 1. The number of amides is 3. The number of aliphatic carboxylic acids is 3. The first kappa shape index (κ1) is 28.1. The molecule has 1 rings (SSSR count). The van der Waals surface area contributed by atoms with Gasteiger partial charge in [-0.25, -0.2) is 14.4 Å². The molecule has 12 heteroatoms. The molecule has 0 spiro atoms. The molecule has 6 N–H and O–H groups in total. The van der Waals surface area contributed by atoms with Crippen molar-refractivity contribution in [3.8, 4) is 0 Å². The topological polar surface area (TPSA) is 182 Å². The van der Waals surface area contributed by atoms with Gasteiger partial charge in [0.05, 0.1) is 0 Å². The molecule has 0 aromatic heterocycles. The first-order valence-electron chi connectivity index (χ1n) is 10.3. The second-order valence-electron chi connectivity index (χ2n) is 7.30. The average Bonchev–Trinajstić information content (AvgIpc) is 2.74. The molecule has 1 aromatic carbocycles. The molecule has 182 valence electrons. The zero-order valence-electron chi connectivity index (χ0n) is 17.9. The molecule has 33 heavy (non-hydrogen) atoms. The number of aryl methyl sites for hydroxylation is 1. The van der Waals surface area contributed by atoms with E-state index in [1.165, 1.54) is 0 Å². The van der Waals surface area contributed by atoms with Gasteiger partial charge >= 0.3 is 23.9 Å². The van der Waals surface area contributed by atoms with Gasteiger partial charge in [-0.15, -0.1) is 0 Å². The van der Waals surface area contributed by atoms with Crippen LogP contribution in [0.15, 0.2) is 24.3 Å². The molecule has 0 heterocycles. The van der Waals surface area contributed by atoms with Crippen LogP contribution in [0.5, 0.6) is 0 Å². The number of hydrogen-bond acceptors (Lipinski definition) is 5. The highest BCUT2D eigenvalue weighted by atomic mass is 127. The van der Waals surface area contributed by atoms with Crippen molar-refractivity contribution in [2.24, 2.45) is 0 Å². The smallest absolute Gasteiger partial charge is 0.326 e. The van der Waals surface area contributed by atoms with Crippen LogP contribution in [0.25, 0.3) is 0 Å². The fourth-order valence-electron chi connectivity index (χ4n) is 2.84. The third-order valence-electron chi connectivity index (χ3n) is 4.65. The maximum Gasteiger partial charge on any atom is 0.326 e. The van der Waals surface area contributed by atoms with Gasteiger partial charge in [-0.05, 0) is 72.4 Å². The van der Waals surface area contributed by atoms with Gasteiger partial charge in [0.1, 0.15) is 12.1 Å². The molecule has 11 nitrogen and oxygen atoms in total. The van der Waals surface area contributed by atoms with E-state index in [2.05, 4.69) is 38.5 Å². The summed E-state index contributed by atoms with van der Waals surface area (Å²) in [6.07, 6.45) is 1.14. The molecule has 0 fully saturated rings. The van der Waals surface area contributed by atoms with E-state index in [1.807, 2.05) is 24.3 Å². The fraction of sp³-hybridized carbons (Fsp3) is 0.476. The van der Waals surface area contributed by atoms with Crippen LogP contribution in [-0.2, 0) is 25.6 Å². The number of carboxylic acid groups (broad SMARTS) is 3. The van der Waals surface area contributed by atoms with E-state index in [9.17, 15) is 29.1 Å². The molecule has 0 aliphatic rings. The van der Waals surface area contributed by atoms with Crippen molar-refractivity contribution in [1.82, 2.24) is 16.0 Å². The summed E-state index contributed by atoms with van der Waals surface area (Å²) < 4.78 is 1.12. The molecular formula is C21H28IN3O8. The number of benzene rings is 1. The predicted octanol–water partition coefficient (Wildman–Crippen LogP) is 1.58. The van der Waals surface area contributed by atoms with E-state index < -0.39 is 42.4 Å². The van der Waals surface area contributed by atoms with Gasteiger partial charge in [-0.3, -0.25) is 9.59 Å². The molecule has 2 unspecified atom stereocenters. The van der Waals surface area contributed by atoms with Gasteiger partial charge < -0.3 is 31.3 Å². The number of nitrogens with one attached hydrogen (secondary N) is 3. The van der Waals surface area contributed by atoms with E-state index in [0.717, 1.165) is 9.13 Å². The summed E-state index contributed by atoms with van der Waals surface area (Å²) in [6.45, 7) is 0.361. The number of carboxylic acids is 3. The van der Waals surface area contributed by atoms with Crippen molar-refractivity contribution < 1.29 is 39.3 Å². The normalized spacial score (nSPS) is 12.3. The van der Waals surface area contributed by atoms with Crippen molar-refractivity contribution in [2.45, 2.75) is 57.0 Å². The third kappa shape index (κ3) is 12.7. The summed E-state index contributed by atoms with van der Waals surface area (Å²) in [6, 6.07) is 4.16. The molecule has 0 saturated carbocycles. The molecule has 2 atom stereocenters. The van der Waals surface area contributed by atoms with E-state index in [-0.39, 0.29) is 18.7 Å². The largest absolute Gasteiger partial charge is 0.481 e. The minimum atomic E-state index is -1.45. The van der Waals surface area contributed by atoms with Crippen LogP contribution in [0.4, 0.5) is 4.79 Å². The Morgan fingerprint density at radius 1 is 0.818 bits per heavy atom. The van der Waals surface area contributed by atoms with Gasteiger partial charge in [0.25, 0.3) is 0 Å². The first-order chi connectivity index (χ1) is 15.6. The van der Waals surface area contributed by atoms with Crippen molar-refractivity contribution in [3.05, 3.63) is 33.4 Å². The Balaban J connectivity index is 2.32. The van der Waals surface area contributed by atoms with Gasteiger partial charge in [-0.1, -0.05) is 12.1 Å². The zero-order chi connectivity index (χ0) is 24.8. The summed E-state index contributed by atoms with van der Waals surface area (Å²) in [5, 5.41) is 34.0. The van der Waals surface area contributed by atoms with E-state index in [0.29, 0.717) is 32.2 Å². The van der Waals surface area contributed by atoms with Crippen molar-refractivity contribution in [1.29, 1.82) is 0 Å². The van der Waals surface area contributed by atoms with Gasteiger partial charge in [0, 0.05) is 23.0 Å². The third-order valence-corrected chi connectivity index (χ3v) is 5.37. The van der Waals surface area contributed by atoms with Crippen molar-refractivity contribution in [2.75, 3.05) is 6.54 Å². The lowest BCUT2D eigenvalue weighted by Crippen LogP contribution is -2.51. The maximum atomic E-state index is 11.9. The van der Waals surface area contributed by atoms with Crippen LogP contribution in [0.3, 0.4) is 0 Å². The minimum absolute atomic E-state index is 0.0775. The molecule has 3 amide bonds. The van der Waals surface area contributed by atoms with Gasteiger partial charge in [0.2, 0.25) is 5.91 Å². The minimum Gasteiger partial charge on any atom is -0.481 e. The van der Waals surface area contributed by atoms with Gasteiger partial charge in [-0.2, -0.15) is 0 Å². The van der Waals surface area contributed by atoms with Crippen LogP contribution >= 0.6 is 22.6 Å². The summed E-state index contributed by atoms with van der Waals surface area (Å²) in [5.74, 6) is -4.03. The van der Waals surface area contributed by atoms with Crippen molar-refractivity contribution in [3.63, 3.8) is 0 Å².